The first-order valence-electron chi connectivity index (χ1n) is 9.42. The Labute approximate surface area is 148 Å². The van der Waals surface area contributed by atoms with Gasteiger partial charge in [0.15, 0.2) is 0 Å². The van der Waals surface area contributed by atoms with Crippen molar-refractivity contribution < 1.29 is 0 Å². The van der Waals surface area contributed by atoms with Crippen LogP contribution >= 0.6 is 15.9 Å². The Morgan fingerprint density at radius 2 is 1.00 bits per heavy atom. The van der Waals surface area contributed by atoms with Crippen LogP contribution in [0.5, 0.6) is 0 Å². The summed E-state index contributed by atoms with van der Waals surface area (Å²) < 4.78 is 0. The monoisotopic (exact) mass is 368 g/mol. The summed E-state index contributed by atoms with van der Waals surface area (Å²) >= 11 is 3.42. The van der Waals surface area contributed by atoms with Crippen LogP contribution in [-0.4, -0.2) is 5.33 Å². The number of unbranched alkanes of at least 4 members (excludes halogenated alkanes) is 9. The molecule has 0 spiro atoms. The van der Waals surface area contributed by atoms with Crippen molar-refractivity contribution in [3.8, 4) is 0 Å². The van der Waals surface area contributed by atoms with E-state index < -0.39 is 0 Å². The smallest absolute Gasteiger partial charge is 0.00659 e. The molecule has 0 aliphatic heterocycles. The van der Waals surface area contributed by atoms with Gasteiger partial charge in [0, 0.05) is 5.33 Å². The zero-order chi connectivity index (χ0) is 16.1. The summed E-state index contributed by atoms with van der Waals surface area (Å²) in [4.78, 5) is 0. The predicted molar refractivity (Wildman–Crippen MR) is 107 cm³/mol. The van der Waals surface area contributed by atoms with Crippen molar-refractivity contribution >= 4 is 15.9 Å². The zero-order valence-electron chi connectivity index (χ0n) is 14.7. The molecule has 0 rings (SSSR count). The normalized spacial score (nSPS) is 12.3. The number of halogens is 1. The van der Waals surface area contributed by atoms with Crippen molar-refractivity contribution in [1.82, 2.24) is 0 Å². The standard InChI is InChI=1S/C21H37Br/c1-2-3-4-5-6-7-8-9-10-11-12-13-14-15-16-17-18-19-20-21-22/h12-13,15-16,18-19H,2-11,14,17,20-21H2,1H3/b13-12-,16-15-,19-18-. The average molecular weight is 369 g/mol. The molecule has 0 amide bonds. The lowest BCUT2D eigenvalue weighted by molar-refractivity contribution is 0.566. The van der Waals surface area contributed by atoms with Gasteiger partial charge in [-0.25, -0.2) is 0 Å². The molecule has 0 aromatic carbocycles. The van der Waals surface area contributed by atoms with Crippen molar-refractivity contribution in [2.45, 2.75) is 90.4 Å². The molecule has 0 radical (unpaired) electrons. The van der Waals surface area contributed by atoms with Gasteiger partial charge in [0.25, 0.3) is 0 Å². The molecule has 0 bridgehead atoms. The van der Waals surface area contributed by atoms with Crippen LogP contribution in [0.3, 0.4) is 0 Å². The van der Waals surface area contributed by atoms with Crippen LogP contribution in [0.4, 0.5) is 0 Å². The van der Waals surface area contributed by atoms with E-state index in [4.69, 9.17) is 0 Å². The van der Waals surface area contributed by atoms with Crippen molar-refractivity contribution in [2.24, 2.45) is 0 Å². The quantitative estimate of drug-likeness (QED) is 0.146. The van der Waals surface area contributed by atoms with E-state index in [0.29, 0.717) is 0 Å². The fraction of sp³-hybridized carbons (Fsp3) is 0.714. The van der Waals surface area contributed by atoms with E-state index in [9.17, 15) is 0 Å². The van der Waals surface area contributed by atoms with E-state index in [2.05, 4.69) is 59.3 Å². The summed E-state index contributed by atoms with van der Waals surface area (Å²) in [5, 5.41) is 1.06. The minimum atomic E-state index is 1.06. The van der Waals surface area contributed by atoms with Gasteiger partial charge in [-0.1, -0.05) is 111 Å². The van der Waals surface area contributed by atoms with Crippen molar-refractivity contribution in [1.29, 1.82) is 0 Å². The minimum Gasteiger partial charge on any atom is -0.0925 e. The van der Waals surface area contributed by atoms with Crippen LogP contribution in [0.15, 0.2) is 36.5 Å². The van der Waals surface area contributed by atoms with Crippen LogP contribution in [-0.2, 0) is 0 Å². The first kappa shape index (κ1) is 21.7. The lowest BCUT2D eigenvalue weighted by Crippen LogP contribution is -1.80. The third-order valence-corrected chi connectivity index (χ3v) is 4.25. The second-order valence-corrected chi connectivity index (χ2v) is 6.77. The van der Waals surface area contributed by atoms with E-state index in [-0.39, 0.29) is 0 Å². The van der Waals surface area contributed by atoms with Crippen molar-refractivity contribution in [3.05, 3.63) is 36.5 Å². The highest BCUT2D eigenvalue weighted by Crippen LogP contribution is 2.10. The summed E-state index contributed by atoms with van der Waals surface area (Å²) in [7, 11) is 0. The average Bonchev–Trinajstić information content (AvgIpc) is 2.54. The highest BCUT2D eigenvalue weighted by molar-refractivity contribution is 9.09. The van der Waals surface area contributed by atoms with Gasteiger partial charge in [0.05, 0.1) is 0 Å². The molecule has 0 saturated heterocycles. The molecule has 0 aliphatic carbocycles. The summed E-state index contributed by atoms with van der Waals surface area (Å²) in [6.45, 7) is 2.28. The largest absolute Gasteiger partial charge is 0.0925 e. The van der Waals surface area contributed by atoms with Gasteiger partial charge in [0.1, 0.15) is 0 Å². The first-order valence-corrected chi connectivity index (χ1v) is 10.5. The molecular formula is C21H37Br. The first-order chi connectivity index (χ1) is 10.9. The topological polar surface area (TPSA) is 0 Å². The summed E-state index contributed by atoms with van der Waals surface area (Å²) in [5.41, 5.74) is 0. The molecule has 0 aromatic rings. The molecule has 0 nitrogen and oxygen atoms in total. The van der Waals surface area contributed by atoms with E-state index >= 15 is 0 Å². The Kier molecular flexibility index (Phi) is 20.4. The van der Waals surface area contributed by atoms with E-state index in [1.54, 1.807) is 0 Å². The maximum Gasteiger partial charge on any atom is 0.00659 e. The SMILES string of the molecule is CCCCCCCCCCC/C=C\C/C=C\C/C=C\CCBr. The molecule has 0 atom stereocenters. The van der Waals surface area contributed by atoms with Crippen LogP contribution in [0.1, 0.15) is 90.4 Å². The van der Waals surface area contributed by atoms with Gasteiger partial charge in [-0.3, -0.25) is 0 Å². The summed E-state index contributed by atoms with van der Waals surface area (Å²) in [6, 6.07) is 0. The van der Waals surface area contributed by atoms with Gasteiger partial charge < -0.3 is 0 Å². The molecule has 0 fully saturated rings. The molecule has 1 heteroatoms. The summed E-state index contributed by atoms with van der Waals surface area (Å²) in [5.74, 6) is 0. The number of alkyl halides is 1. The van der Waals surface area contributed by atoms with Crippen molar-refractivity contribution in [2.75, 3.05) is 5.33 Å². The Hall–Kier alpha value is -0.300. The molecule has 0 heterocycles. The molecule has 0 unspecified atom stereocenters. The maximum absolute atomic E-state index is 3.42. The van der Waals surface area contributed by atoms with Crippen LogP contribution in [0.2, 0.25) is 0 Å². The maximum atomic E-state index is 3.42. The van der Waals surface area contributed by atoms with Gasteiger partial charge in [-0.2, -0.15) is 0 Å². The predicted octanol–water partition coefficient (Wildman–Crippen LogP) is 8.14. The minimum absolute atomic E-state index is 1.06. The van der Waals surface area contributed by atoms with Gasteiger partial charge in [-0.15, -0.1) is 0 Å². The fourth-order valence-corrected chi connectivity index (χ4v) is 2.68. The third kappa shape index (κ3) is 19.7. The second kappa shape index (κ2) is 20.7. The Morgan fingerprint density at radius 1 is 0.545 bits per heavy atom. The molecule has 128 valence electrons. The van der Waals surface area contributed by atoms with Gasteiger partial charge in [0.2, 0.25) is 0 Å². The highest BCUT2D eigenvalue weighted by Gasteiger charge is 1.90. The lowest BCUT2D eigenvalue weighted by Gasteiger charge is -2.00. The van der Waals surface area contributed by atoms with E-state index in [1.165, 1.54) is 64.2 Å². The van der Waals surface area contributed by atoms with Crippen LogP contribution in [0, 0.1) is 0 Å². The molecule has 22 heavy (non-hydrogen) atoms. The molecule has 0 N–H and O–H groups in total. The summed E-state index contributed by atoms with van der Waals surface area (Å²) in [6.07, 6.45) is 31.0. The second-order valence-electron chi connectivity index (χ2n) is 5.98. The van der Waals surface area contributed by atoms with Gasteiger partial charge in [-0.05, 0) is 32.1 Å². The van der Waals surface area contributed by atoms with E-state index in [1.807, 2.05) is 0 Å². The Morgan fingerprint density at radius 3 is 1.55 bits per heavy atom. The Bertz CT molecular complexity index is 276. The molecule has 0 aromatic heterocycles. The number of hydrogen-bond acceptors (Lipinski definition) is 0. The highest BCUT2D eigenvalue weighted by atomic mass is 79.9. The molecular weight excluding hydrogens is 332 g/mol. The van der Waals surface area contributed by atoms with Gasteiger partial charge >= 0.3 is 0 Å². The molecule has 0 saturated carbocycles. The fourth-order valence-electron chi connectivity index (χ4n) is 2.41. The Balaban J connectivity index is 3.19. The van der Waals surface area contributed by atoms with Crippen LogP contribution in [0.25, 0.3) is 0 Å². The molecule has 0 aliphatic rings. The number of rotatable bonds is 16. The zero-order valence-corrected chi connectivity index (χ0v) is 16.3. The van der Waals surface area contributed by atoms with E-state index in [0.717, 1.165) is 24.6 Å². The third-order valence-electron chi connectivity index (χ3n) is 3.79. The number of allylic oxidation sites excluding steroid dienone is 6. The van der Waals surface area contributed by atoms with Crippen molar-refractivity contribution in [3.63, 3.8) is 0 Å². The number of hydrogen-bond donors (Lipinski definition) is 0. The van der Waals surface area contributed by atoms with Crippen LogP contribution < -0.4 is 0 Å². The lowest BCUT2D eigenvalue weighted by atomic mass is 10.1.